The normalized spacial score (nSPS) is 18.9. The van der Waals surface area contributed by atoms with Gasteiger partial charge in [-0.1, -0.05) is 0 Å². The number of nitro groups is 1. The van der Waals surface area contributed by atoms with Crippen molar-refractivity contribution in [2.45, 2.75) is 56.4 Å². The van der Waals surface area contributed by atoms with Crippen molar-refractivity contribution in [1.29, 1.82) is 0 Å². The van der Waals surface area contributed by atoms with Crippen molar-refractivity contribution in [3.05, 3.63) is 63.7 Å². The minimum absolute atomic E-state index is 0.124. The average Bonchev–Trinajstić information content (AvgIpc) is 2.91. The first-order valence-corrected chi connectivity index (χ1v) is 12.7. The van der Waals surface area contributed by atoms with Crippen LogP contribution >= 0.6 is 0 Å². The minimum atomic E-state index is -4.87. The number of anilines is 2. The van der Waals surface area contributed by atoms with Crippen molar-refractivity contribution < 1.29 is 40.8 Å². The van der Waals surface area contributed by atoms with E-state index in [9.17, 15) is 41.3 Å². The second-order valence-corrected chi connectivity index (χ2v) is 9.84. The van der Waals surface area contributed by atoms with Crippen molar-refractivity contribution in [1.82, 2.24) is 4.90 Å². The number of likely N-dealkylation sites (tertiary alicyclic amines) is 1. The summed E-state index contributed by atoms with van der Waals surface area (Å²) in [6.07, 6.45) is -7.35. The highest BCUT2D eigenvalue weighted by atomic mass is 19.4. The second-order valence-electron chi connectivity index (χ2n) is 9.84. The van der Waals surface area contributed by atoms with Crippen molar-refractivity contribution >= 4 is 23.3 Å². The fourth-order valence-electron chi connectivity index (χ4n) is 5.06. The maximum atomic E-state index is 13.3. The van der Waals surface area contributed by atoms with Gasteiger partial charge in [0.05, 0.1) is 16.6 Å². The predicted octanol–water partition coefficient (Wildman–Crippen LogP) is 5.72. The van der Waals surface area contributed by atoms with Crippen molar-refractivity contribution in [3.8, 4) is 0 Å². The number of aldehydes is 1. The number of piperidine rings is 2. The number of hydrogen-bond donors (Lipinski definition) is 1. The maximum Gasteiger partial charge on any atom is 0.423 e. The first-order chi connectivity index (χ1) is 18.8. The fourth-order valence-corrected chi connectivity index (χ4v) is 5.06. The number of nitrogens with zero attached hydrogens (tertiary/aromatic N) is 3. The minimum Gasteiger partial charge on any atom is -0.382 e. The molecule has 0 aliphatic carbocycles. The van der Waals surface area contributed by atoms with Gasteiger partial charge in [0.2, 0.25) is 0 Å². The summed E-state index contributed by atoms with van der Waals surface area (Å²) >= 11 is 0. The zero-order chi connectivity index (χ0) is 29.1. The number of nitro benzene ring substituents is 1. The molecule has 4 rings (SSSR count). The van der Waals surface area contributed by atoms with Gasteiger partial charge in [-0.3, -0.25) is 19.8 Å². The summed E-state index contributed by atoms with van der Waals surface area (Å²) in [6.45, 7) is 2.01. The van der Waals surface area contributed by atoms with Gasteiger partial charge >= 0.3 is 12.4 Å². The van der Waals surface area contributed by atoms with Gasteiger partial charge in [0.1, 0.15) is 5.56 Å². The molecule has 2 aromatic carbocycles. The lowest BCUT2D eigenvalue weighted by atomic mass is 10.0. The van der Waals surface area contributed by atoms with E-state index in [1.807, 2.05) is 9.80 Å². The van der Waals surface area contributed by atoms with Crippen LogP contribution in [0.2, 0.25) is 0 Å². The number of ether oxygens (including phenoxy) is 1. The first-order valence-electron chi connectivity index (χ1n) is 12.7. The van der Waals surface area contributed by atoms with E-state index < -0.39 is 40.3 Å². The molecule has 0 amide bonds. The summed E-state index contributed by atoms with van der Waals surface area (Å²) in [5, 5.41) is 14.0. The number of alkyl halides is 6. The molecule has 1 atom stereocenters. The summed E-state index contributed by atoms with van der Waals surface area (Å²) in [7, 11) is 0. The van der Waals surface area contributed by atoms with Gasteiger partial charge in [-0.25, -0.2) is 0 Å². The fraction of sp³-hybridized carbons (Fsp3) is 0.500. The smallest absolute Gasteiger partial charge is 0.382 e. The molecule has 2 fully saturated rings. The molecular weight excluding hydrogens is 546 g/mol. The average molecular weight is 575 g/mol. The summed E-state index contributed by atoms with van der Waals surface area (Å²) in [6, 6.07) is 7.60. The Balaban J connectivity index is 1.26. The Morgan fingerprint density at radius 3 is 2.08 bits per heavy atom. The number of rotatable bonds is 8. The molecule has 14 heteroatoms. The number of halogens is 6. The van der Waals surface area contributed by atoms with Gasteiger partial charge in [0, 0.05) is 49.7 Å². The highest BCUT2D eigenvalue weighted by molar-refractivity contribution is 5.56. The summed E-state index contributed by atoms with van der Waals surface area (Å²) < 4.78 is 84.3. The molecule has 8 nitrogen and oxygen atoms in total. The third-order valence-corrected chi connectivity index (χ3v) is 7.21. The molecular formula is C26H28F6N4O4. The third-order valence-electron chi connectivity index (χ3n) is 7.21. The molecule has 0 bridgehead atoms. The standard InChI is InChI=1S/C26H28F6N4O4/c27-25(28,29)17-1-4-20(5-2-17)34-13-9-21(10-14-34)40-24(16-37)35-11-7-18(8-12-35)33-19-3-6-23(36(38)39)22(15-19)26(30,31)32/h1-6,15-16,18,21,24,33H,7-14H2. The summed E-state index contributed by atoms with van der Waals surface area (Å²) in [5.41, 5.74) is -2.23. The molecule has 0 saturated carbocycles. The summed E-state index contributed by atoms with van der Waals surface area (Å²) in [5.74, 6) is 0. The van der Waals surface area contributed by atoms with Crippen LogP contribution in [0.25, 0.3) is 0 Å². The molecule has 2 heterocycles. The SMILES string of the molecule is O=CC(OC1CCN(c2ccc(C(F)(F)F)cc2)CC1)N1CCC(Nc2ccc([N+](=O)[O-])c(C(F)(F)F)c2)CC1. The largest absolute Gasteiger partial charge is 0.423 e. The van der Waals surface area contributed by atoms with Crippen LogP contribution in [0.15, 0.2) is 42.5 Å². The Kier molecular flexibility index (Phi) is 8.88. The quantitative estimate of drug-likeness (QED) is 0.187. The molecule has 40 heavy (non-hydrogen) atoms. The summed E-state index contributed by atoms with van der Waals surface area (Å²) in [4.78, 5) is 25.5. The van der Waals surface area contributed by atoms with Crippen LogP contribution in [0.4, 0.5) is 43.4 Å². The van der Waals surface area contributed by atoms with Crippen LogP contribution in [-0.2, 0) is 21.9 Å². The number of benzene rings is 2. The molecule has 1 unspecified atom stereocenters. The van der Waals surface area contributed by atoms with Gasteiger partial charge in [-0.2, -0.15) is 26.3 Å². The van der Waals surface area contributed by atoms with Gasteiger partial charge in [-0.15, -0.1) is 0 Å². The van der Waals surface area contributed by atoms with E-state index in [0.717, 1.165) is 24.3 Å². The molecule has 2 aliphatic heterocycles. The number of carbonyl (C=O) groups is 1. The van der Waals surface area contributed by atoms with Crippen LogP contribution in [-0.4, -0.2) is 60.7 Å². The molecule has 2 aliphatic rings. The van der Waals surface area contributed by atoms with Gasteiger partial charge in [0.15, 0.2) is 12.5 Å². The van der Waals surface area contributed by atoms with Crippen molar-refractivity contribution in [3.63, 3.8) is 0 Å². The maximum absolute atomic E-state index is 13.3. The number of carbonyl (C=O) groups excluding carboxylic acids is 1. The molecule has 2 saturated heterocycles. The van der Waals surface area contributed by atoms with E-state index in [4.69, 9.17) is 4.74 Å². The molecule has 218 valence electrons. The van der Waals surface area contributed by atoms with Crippen molar-refractivity contribution in [2.75, 3.05) is 36.4 Å². The Hall–Kier alpha value is -3.39. The Labute approximate surface area is 226 Å². The van der Waals surface area contributed by atoms with Crippen LogP contribution in [0.5, 0.6) is 0 Å². The second kappa shape index (κ2) is 12.0. The van der Waals surface area contributed by atoms with Crippen LogP contribution in [0.3, 0.4) is 0 Å². The lowest BCUT2D eigenvalue weighted by Gasteiger charge is -2.39. The van der Waals surface area contributed by atoms with E-state index in [1.165, 1.54) is 18.2 Å². The van der Waals surface area contributed by atoms with Crippen LogP contribution in [0, 0.1) is 10.1 Å². The zero-order valence-corrected chi connectivity index (χ0v) is 21.3. The zero-order valence-electron chi connectivity index (χ0n) is 21.3. The van der Waals surface area contributed by atoms with E-state index >= 15 is 0 Å². The van der Waals surface area contributed by atoms with E-state index in [0.29, 0.717) is 63.8 Å². The van der Waals surface area contributed by atoms with Crippen molar-refractivity contribution in [2.24, 2.45) is 0 Å². The third kappa shape index (κ3) is 7.22. The lowest BCUT2D eigenvalue weighted by molar-refractivity contribution is -0.388. The van der Waals surface area contributed by atoms with Gasteiger partial charge in [0.25, 0.3) is 5.69 Å². The highest BCUT2D eigenvalue weighted by Crippen LogP contribution is 2.38. The van der Waals surface area contributed by atoms with Crippen LogP contribution in [0.1, 0.15) is 36.8 Å². The molecule has 2 aromatic rings. The van der Waals surface area contributed by atoms with E-state index in [-0.39, 0.29) is 17.8 Å². The number of nitrogens with one attached hydrogen (secondary N) is 1. The monoisotopic (exact) mass is 574 g/mol. The number of hydrogen-bond acceptors (Lipinski definition) is 7. The Bertz CT molecular complexity index is 1180. The van der Waals surface area contributed by atoms with E-state index in [2.05, 4.69) is 5.32 Å². The Morgan fingerprint density at radius 1 is 0.925 bits per heavy atom. The predicted molar refractivity (Wildman–Crippen MR) is 134 cm³/mol. The molecule has 0 radical (unpaired) electrons. The molecule has 1 N–H and O–H groups in total. The lowest BCUT2D eigenvalue weighted by Crippen LogP contribution is -2.49. The van der Waals surface area contributed by atoms with E-state index in [1.54, 1.807) is 0 Å². The molecule has 0 aromatic heterocycles. The van der Waals surface area contributed by atoms with Crippen LogP contribution < -0.4 is 10.2 Å². The first kappa shape index (κ1) is 29.6. The van der Waals surface area contributed by atoms with Gasteiger partial charge in [-0.05, 0) is 62.1 Å². The van der Waals surface area contributed by atoms with Gasteiger partial charge < -0.3 is 15.0 Å². The highest BCUT2D eigenvalue weighted by Gasteiger charge is 2.39. The topological polar surface area (TPSA) is 88.0 Å². The molecule has 0 spiro atoms. The Morgan fingerprint density at radius 2 is 1.55 bits per heavy atom.